The lowest BCUT2D eigenvalue weighted by Gasteiger charge is -2.25. The Morgan fingerprint density at radius 1 is 0.333 bits per heavy atom. The topological polar surface area (TPSA) is 133 Å². The fraction of sp³-hybridized carbons (Fsp3) is 0.774. The average Bonchev–Trinajstić information content (AvgIpc) is 3.37. The maximum Gasteiger partial charge on any atom is 0.263 e. The molecule has 10 nitrogen and oxygen atoms in total. The van der Waals surface area contributed by atoms with Gasteiger partial charge in [0.25, 0.3) is 11.1 Å². The van der Waals surface area contributed by atoms with Crippen molar-refractivity contribution in [3.63, 3.8) is 0 Å². The molecule has 0 radical (unpaired) electrons. The SMILES string of the molecule is CCCCCCCCN=c1c(=NCCCCCCCC)c2c(=O)n(CCCCCCCC)c(O)c3c(NCCCCCCCC)c(NCCCCCCCC)c4c(=O)n(CCCCCCCC)c(O)c1c4c32. The van der Waals surface area contributed by atoms with Crippen LogP contribution in [0, 0.1) is 0 Å². The standard InChI is InChI=1S/C62H106N6O4/c1-7-13-19-25-31-37-43-63-55-51-49-50-52(56(55)64-44-38-32-26-20-14-8-2)60(70)68(48-42-36-30-24-18-12-6)62(72)54(50)58(66-46-40-34-28-22-16-10-4)57(65-45-39-33-27-21-15-9-3)53(49)61(71)67(59(51)69)47-41-35-29-23-17-11-5/h63-64,69,72H,7-48H2,1-6H3. The number of aromatic hydroxyl groups is 2. The van der Waals surface area contributed by atoms with Gasteiger partial charge in [-0.2, -0.15) is 0 Å². The Kier molecular flexibility index (Phi) is 30.5. The zero-order valence-electron chi connectivity index (χ0n) is 47.2. The van der Waals surface area contributed by atoms with E-state index in [-0.39, 0.29) is 22.9 Å². The van der Waals surface area contributed by atoms with Crippen molar-refractivity contribution in [3.05, 3.63) is 31.4 Å². The predicted octanol–water partition coefficient (Wildman–Crippen LogP) is 16.5. The summed E-state index contributed by atoms with van der Waals surface area (Å²) in [6, 6.07) is 0. The van der Waals surface area contributed by atoms with Gasteiger partial charge in [-0.3, -0.25) is 28.7 Å². The summed E-state index contributed by atoms with van der Waals surface area (Å²) in [5.74, 6) is -0.181. The van der Waals surface area contributed by atoms with Crippen LogP contribution in [0.1, 0.15) is 273 Å². The van der Waals surface area contributed by atoms with E-state index < -0.39 is 0 Å². The molecule has 0 aliphatic rings. The number of rotatable bonds is 44. The molecule has 0 saturated carbocycles. The zero-order valence-corrected chi connectivity index (χ0v) is 47.2. The van der Waals surface area contributed by atoms with Crippen LogP contribution in [0.4, 0.5) is 11.4 Å². The summed E-state index contributed by atoms with van der Waals surface area (Å²) in [7, 11) is 0. The lowest BCUT2D eigenvalue weighted by Crippen LogP contribution is -2.37. The van der Waals surface area contributed by atoms with E-state index in [1.165, 1.54) is 89.9 Å². The van der Waals surface area contributed by atoms with Crippen LogP contribution in [-0.2, 0) is 13.1 Å². The molecule has 4 N–H and O–H groups in total. The molecule has 0 aliphatic carbocycles. The van der Waals surface area contributed by atoms with Gasteiger partial charge >= 0.3 is 0 Å². The van der Waals surface area contributed by atoms with Crippen LogP contribution < -0.4 is 32.5 Å². The number of hydrogen-bond donors (Lipinski definition) is 4. The third-order valence-corrected chi connectivity index (χ3v) is 15.3. The van der Waals surface area contributed by atoms with Crippen LogP contribution in [-0.4, -0.2) is 45.5 Å². The number of nitrogens with zero attached hydrogens (tertiary/aromatic N) is 4. The second-order valence-corrected chi connectivity index (χ2v) is 21.5. The van der Waals surface area contributed by atoms with Crippen molar-refractivity contribution in [3.8, 4) is 11.8 Å². The van der Waals surface area contributed by atoms with Gasteiger partial charge in [-0.15, -0.1) is 0 Å². The minimum Gasteiger partial charge on any atom is -0.494 e. The summed E-state index contributed by atoms with van der Waals surface area (Å²) >= 11 is 0. The van der Waals surface area contributed by atoms with E-state index in [1.54, 1.807) is 9.13 Å². The van der Waals surface area contributed by atoms with Crippen LogP contribution in [0.5, 0.6) is 11.8 Å². The number of anilines is 2. The van der Waals surface area contributed by atoms with Crippen molar-refractivity contribution >= 4 is 43.7 Å². The molecule has 0 atom stereocenters. The van der Waals surface area contributed by atoms with Crippen LogP contribution in [0.2, 0.25) is 0 Å². The lowest BCUT2D eigenvalue weighted by atomic mass is 9.91. The Morgan fingerprint density at radius 3 is 1.03 bits per heavy atom. The summed E-state index contributed by atoms with van der Waals surface area (Å²) in [4.78, 5) is 42.0. The molecule has 408 valence electrons. The number of unbranched alkanes of at least 4 members (excludes halogenated alkanes) is 30. The second kappa shape index (κ2) is 36.2. The fourth-order valence-corrected chi connectivity index (χ4v) is 10.9. The zero-order chi connectivity index (χ0) is 51.8. The first-order valence-electron chi connectivity index (χ1n) is 30.7. The molecular weight excluding hydrogens is 893 g/mol. The number of benzene rings is 2. The third kappa shape index (κ3) is 18.2. The Labute approximate surface area is 437 Å². The van der Waals surface area contributed by atoms with Gasteiger partial charge in [0, 0.05) is 50.0 Å². The Morgan fingerprint density at radius 2 is 0.625 bits per heavy atom. The molecule has 0 fully saturated rings. The van der Waals surface area contributed by atoms with Gasteiger partial charge in [-0.05, 0) is 38.5 Å². The highest BCUT2D eigenvalue weighted by Gasteiger charge is 2.31. The summed E-state index contributed by atoms with van der Waals surface area (Å²) < 4.78 is 3.21. The van der Waals surface area contributed by atoms with Gasteiger partial charge in [-0.1, -0.05) is 234 Å². The molecule has 72 heavy (non-hydrogen) atoms. The van der Waals surface area contributed by atoms with E-state index in [4.69, 9.17) is 9.98 Å². The number of pyridine rings is 2. The smallest absolute Gasteiger partial charge is 0.263 e. The Bertz CT molecular complexity index is 2340. The van der Waals surface area contributed by atoms with Gasteiger partial charge in [0.05, 0.1) is 43.6 Å². The minimum absolute atomic E-state index is 0.0771. The van der Waals surface area contributed by atoms with Gasteiger partial charge < -0.3 is 20.8 Å². The molecule has 0 amide bonds. The van der Waals surface area contributed by atoms with Gasteiger partial charge in [0.1, 0.15) is 0 Å². The molecule has 4 rings (SSSR count). The van der Waals surface area contributed by atoms with Gasteiger partial charge in [0.2, 0.25) is 11.8 Å². The van der Waals surface area contributed by atoms with Crippen molar-refractivity contribution < 1.29 is 10.2 Å². The Balaban J connectivity index is 2.17. The Hall–Kier alpha value is -3.82. The highest BCUT2D eigenvalue weighted by molar-refractivity contribution is 6.31. The molecule has 2 aromatic carbocycles. The molecule has 0 saturated heterocycles. The number of aromatic nitrogens is 2. The summed E-state index contributed by atoms with van der Waals surface area (Å²) in [6.07, 6.45) is 39.6. The molecule has 0 bridgehead atoms. The van der Waals surface area contributed by atoms with E-state index in [0.29, 0.717) is 93.7 Å². The minimum atomic E-state index is -0.292. The second-order valence-electron chi connectivity index (χ2n) is 21.5. The molecule has 0 unspecified atom stereocenters. The van der Waals surface area contributed by atoms with Crippen molar-refractivity contribution in [2.45, 2.75) is 286 Å². The fourth-order valence-electron chi connectivity index (χ4n) is 10.9. The van der Waals surface area contributed by atoms with E-state index in [2.05, 4.69) is 52.2 Å². The number of hydrogen-bond acceptors (Lipinski definition) is 8. The maximum atomic E-state index is 15.6. The van der Waals surface area contributed by atoms with Crippen LogP contribution in [0.25, 0.3) is 32.3 Å². The molecule has 2 heterocycles. The largest absolute Gasteiger partial charge is 0.494 e. The molecular formula is C62H106N6O4. The normalized spacial score (nSPS) is 12.5. The predicted molar refractivity (Wildman–Crippen MR) is 311 cm³/mol. The quantitative estimate of drug-likeness (QED) is 0.0258. The first-order chi connectivity index (χ1) is 35.3. The summed E-state index contributed by atoms with van der Waals surface area (Å²) in [6.45, 7) is 16.5. The molecule has 0 spiro atoms. The summed E-state index contributed by atoms with van der Waals surface area (Å²) in [5, 5.41) is 37.4. The van der Waals surface area contributed by atoms with E-state index in [1.807, 2.05) is 0 Å². The van der Waals surface area contributed by atoms with Crippen LogP contribution in [0.3, 0.4) is 0 Å². The highest BCUT2D eigenvalue weighted by atomic mass is 16.3. The molecule has 0 aliphatic heterocycles. The van der Waals surface area contributed by atoms with Crippen LogP contribution in [0.15, 0.2) is 19.6 Å². The van der Waals surface area contributed by atoms with E-state index in [9.17, 15) is 10.2 Å². The first kappa shape index (κ1) is 60.7. The van der Waals surface area contributed by atoms with E-state index >= 15 is 9.59 Å². The first-order valence-corrected chi connectivity index (χ1v) is 30.7. The summed E-state index contributed by atoms with van der Waals surface area (Å²) in [5.41, 5.74) is 0.780. The van der Waals surface area contributed by atoms with Crippen molar-refractivity contribution in [1.29, 1.82) is 0 Å². The average molecular weight is 1000 g/mol. The van der Waals surface area contributed by atoms with Gasteiger partial charge in [0.15, 0.2) is 0 Å². The third-order valence-electron chi connectivity index (χ3n) is 15.3. The van der Waals surface area contributed by atoms with Crippen molar-refractivity contribution in [2.24, 2.45) is 9.98 Å². The van der Waals surface area contributed by atoms with Crippen molar-refractivity contribution in [1.82, 2.24) is 9.13 Å². The molecule has 2 aromatic heterocycles. The number of nitrogens with one attached hydrogen (secondary N) is 2. The van der Waals surface area contributed by atoms with E-state index in [0.717, 1.165) is 141 Å². The van der Waals surface area contributed by atoms with Crippen LogP contribution >= 0.6 is 0 Å². The van der Waals surface area contributed by atoms with Crippen molar-refractivity contribution in [2.75, 3.05) is 36.8 Å². The molecule has 4 aromatic rings. The monoisotopic (exact) mass is 999 g/mol. The van der Waals surface area contributed by atoms with Gasteiger partial charge in [-0.25, -0.2) is 0 Å². The molecule has 10 heteroatoms. The maximum absolute atomic E-state index is 15.6. The lowest BCUT2D eigenvalue weighted by molar-refractivity contribution is 0.405. The highest BCUT2D eigenvalue weighted by Crippen LogP contribution is 2.46.